The number of benzene rings is 1. The van der Waals surface area contributed by atoms with Crippen LogP contribution in [0.15, 0.2) is 34.2 Å². The summed E-state index contributed by atoms with van der Waals surface area (Å²) in [5, 5.41) is 3.68. The number of thioether (sulfide) groups is 1. The Morgan fingerprint density at radius 2 is 2.12 bits per heavy atom. The highest BCUT2D eigenvalue weighted by atomic mass is 32.2. The number of nitrogens with zero attached hydrogens (tertiary/aromatic N) is 3. The number of hydrogen-bond donors (Lipinski definition) is 1. The van der Waals surface area contributed by atoms with Gasteiger partial charge in [-0.25, -0.2) is 9.78 Å². The van der Waals surface area contributed by atoms with Gasteiger partial charge in [-0.2, -0.15) is 0 Å². The molecule has 2 aromatic rings. The first kappa shape index (κ1) is 17.5. The minimum Gasteiger partial charge on any atom is -0.336 e. The Hall–Kier alpha value is -2.35. The molecule has 0 bridgehead atoms. The fourth-order valence-electron chi connectivity index (χ4n) is 2.71. The van der Waals surface area contributed by atoms with Crippen molar-refractivity contribution in [3.63, 3.8) is 0 Å². The highest BCUT2D eigenvalue weighted by Crippen LogP contribution is 2.22. The number of aromatic nitrogens is 2. The highest BCUT2D eigenvalue weighted by molar-refractivity contribution is 7.99. The topological polar surface area (TPSA) is 84.3 Å². The summed E-state index contributed by atoms with van der Waals surface area (Å²) in [6.07, 6.45) is 0.774. The van der Waals surface area contributed by atoms with Crippen LogP contribution in [-0.4, -0.2) is 45.2 Å². The van der Waals surface area contributed by atoms with Crippen molar-refractivity contribution in [2.75, 3.05) is 18.8 Å². The third-order valence-electron chi connectivity index (χ3n) is 4.29. The second kappa shape index (κ2) is 7.26. The van der Waals surface area contributed by atoms with E-state index in [0.29, 0.717) is 29.1 Å². The van der Waals surface area contributed by atoms with E-state index in [-0.39, 0.29) is 29.3 Å². The zero-order valence-corrected chi connectivity index (χ0v) is 15.0. The predicted octanol–water partition coefficient (Wildman–Crippen LogP) is 2.01. The monoisotopic (exact) mass is 360 g/mol. The Labute approximate surface area is 149 Å². The van der Waals surface area contributed by atoms with E-state index >= 15 is 0 Å². The van der Waals surface area contributed by atoms with Gasteiger partial charge in [0.1, 0.15) is 0 Å². The van der Waals surface area contributed by atoms with Gasteiger partial charge in [0.05, 0.1) is 16.7 Å². The molecule has 132 valence electrons. The van der Waals surface area contributed by atoms with E-state index in [1.807, 2.05) is 26.0 Å². The van der Waals surface area contributed by atoms with Crippen LogP contribution in [0.3, 0.4) is 0 Å². The highest BCUT2D eigenvalue weighted by Gasteiger charge is 2.26. The molecule has 1 aliphatic rings. The van der Waals surface area contributed by atoms with Crippen molar-refractivity contribution < 1.29 is 9.59 Å². The maximum absolute atomic E-state index is 12.9. The Morgan fingerprint density at radius 1 is 1.36 bits per heavy atom. The van der Waals surface area contributed by atoms with Crippen molar-refractivity contribution in [3.05, 3.63) is 34.6 Å². The Kier molecular flexibility index (Phi) is 5.08. The van der Waals surface area contributed by atoms with Crippen LogP contribution in [0.2, 0.25) is 0 Å². The summed E-state index contributed by atoms with van der Waals surface area (Å²) < 4.78 is 1.64. The van der Waals surface area contributed by atoms with Crippen molar-refractivity contribution in [1.82, 2.24) is 19.8 Å². The lowest BCUT2D eigenvalue weighted by molar-refractivity contribution is -0.124. The first-order valence-electron chi connectivity index (χ1n) is 8.25. The van der Waals surface area contributed by atoms with Gasteiger partial charge >= 0.3 is 6.03 Å². The molecular formula is C17H20N4O3S. The molecule has 25 heavy (non-hydrogen) atoms. The molecule has 1 fully saturated rings. The zero-order valence-electron chi connectivity index (χ0n) is 14.2. The normalized spacial score (nSPS) is 15.4. The molecule has 0 saturated carbocycles. The lowest BCUT2D eigenvalue weighted by Gasteiger charge is -2.18. The average Bonchev–Trinajstić information content (AvgIpc) is 3.05. The van der Waals surface area contributed by atoms with Gasteiger partial charge in [0, 0.05) is 19.1 Å². The third-order valence-corrected chi connectivity index (χ3v) is 5.23. The van der Waals surface area contributed by atoms with Gasteiger partial charge < -0.3 is 5.32 Å². The summed E-state index contributed by atoms with van der Waals surface area (Å²) in [5.41, 5.74) is 0.509. The molecule has 0 unspecified atom stereocenters. The second-order valence-corrected chi connectivity index (χ2v) is 6.85. The van der Waals surface area contributed by atoms with Crippen LogP contribution < -0.4 is 10.9 Å². The number of amides is 3. The number of hydrogen-bond acceptors (Lipinski definition) is 5. The van der Waals surface area contributed by atoms with Crippen molar-refractivity contribution in [3.8, 4) is 0 Å². The third kappa shape index (κ3) is 3.39. The first-order valence-corrected chi connectivity index (χ1v) is 9.23. The van der Waals surface area contributed by atoms with E-state index in [2.05, 4.69) is 10.3 Å². The van der Waals surface area contributed by atoms with Crippen LogP contribution in [0.4, 0.5) is 4.79 Å². The number of urea groups is 1. The summed E-state index contributed by atoms with van der Waals surface area (Å²) in [4.78, 5) is 42.5. The summed E-state index contributed by atoms with van der Waals surface area (Å²) >= 11 is 1.20. The van der Waals surface area contributed by atoms with Crippen LogP contribution >= 0.6 is 11.8 Å². The maximum atomic E-state index is 12.9. The maximum Gasteiger partial charge on any atom is 0.324 e. The van der Waals surface area contributed by atoms with Crippen molar-refractivity contribution in [2.45, 2.75) is 31.5 Å². The SMILES string of the molecule is CC[C@H](C)n1c(SCC(=O)N2CCNC2=O)nc2ccccc2c1=O. The largest absolute Gasteiger partial charge is 0.336 e. The average molecular weight is 360 g/mol. The van der Waals surface area contributed by atoms with Crippen LogP contribution in [-0.2, 0) is 4.79 Å². The molecule has 3 rings (SSSR count). The first-order chi connectivity index (χ1) is 12.0. The molecule has 2 heterocycles. The fourth-order valence-corrected chi connectivity index (χ4v) is 3.69. The summed E-state index contributed by atoms with van der Waals surface area (Å²) in [6, 6.07) is 6.80. The molecule has 8 heteroatoms. The van der Waals surface area contributed by atoms with Gasteiger partial charge in [-0.1, -0.05) is 30.8 Å². The number of rotatable bonds is 5. The molecule has 1 atom stereocenters. The molecule has 3 amide bonds. The molecular weight excluding hydrogens is 340 g/mol. The van der Waals surface area contributed by atoms with Crippen LogP contribution in [0.5, 0.6) is 0 Å². The van der Waals surface area contributed by atoms with Crippen LogP contribution in [0, 0.1) is 0 Å². The predicted molar refractivity (Wildman–Crippen MR) is 96.8 cm³/mol. The molecule has 1 aromatic heterocycles. The lowest BCUT2D eigenvalue weighted by Crippen LogP contribution is -2.35. The van der Waals surface area contributed by atoms with E-state index < -0.39 is 0 Å². The molecule has 0 radical (unpaired) electrons. The molecule has 0 spiro atoms. The van der Waals surface area contributed by atoms with Crippen LogP contribution in [0.25, 0.3) is 10.9 Å². The Bertz CT molecular complexity index is 880. The zero-order chi connectivity index (χ0) is 18.0. The van der Waals surface area contributed by atoms with E-state index in [1.54, 1.807) is 16.7 Å². The van der Waals surface area contributed by atoms with Gasteiger partial charge in [0.25, 0.3) is 5.56 Å². The van der Waals surface area contributed by atoms with Crippen LogP contribution in [0.1, 0.15) is 26.3 Å². The van der Waals surface area contributed by atoms with E-state index in [9.17, 15) is 14.4 Å². The molecule has 1 N–H and O–H groups in total. The second-order valence-electron chi connectivity index (χ2n) is 5.91. The molecule has 7 nitrogen and oxygen atoms in total. The quantitative estimate of drug-likeness (QED) is 0.651. The molecule has 0 aliphatic carbocycles. The summed E-state index contributed by atoms with van der Waals surface area (Å²) in [7, 11) is 0. The Morgan fingerprint density at radius 3 is 2.80 bits per heavy atom. The smallest absolute Gasteiger partial charge is 0.324 e. The minimum absolute atomic E-state index is 0.0303. The van der Waals surface area contributed by atoms with E-state index in [1.165, 1.54) is 16.7 Å². The van der Waals surface area contributed by atoms with Gasteiger partial charge in [-0.3, -0.25) is 19.1 Å². The number of nitrogens with one attached hydrogen (secondary N) is 1. The van der Waals surface area contributed by atoms with E-state index in [0.717, 1.165) is 6.42 Å². The standard InChI is InChI=1S/C17H20N4O3S/c1-3-11(2)21-15(23)12-6-4-5-7-13(12)19-17(21)25-10-14(22)20-9-8-18-16(20)24/h4-7,11H,3,8-10H2,1-2H3,(H,18,24)/t11-/m0/s1. The van der Waals surface area contributed by atoms with E-state index in [4.69, 9.17) is 0 Å². The lowest BCUT2D eigenvalue weighted by atomic mass is 10.2. The number of carbonyl (C=O) groups excluding carboxylic acids is 2. The van der Waals surface area contributed by atoms with Crippen molar-refractivity contribution in [1.29, 1.82) is 0 Å². The Balaban J connectivity index is 1.93. The number of fused-ring (bicyclic) bond motifs is 1. The molecule has 1 aromatic carbocycles. The summed E-state index contributed by atoms with van der Waals surface area (Å²) in [5.74, 6) is -0.215. The minimum atomic E-state index is -0.364. The molecule has 1 aliphatic heterocycles. The van der Waals surface area contributed by atoms with Crippen molar-refractivity contribution >= 4 is 34.6 Å². The van der Waals surface area contributed by atoms with Gasteiger partial charge in [-0.15, -0.1) is 0 Å². The number of imide groups is 1. The summed E-state index contributed by atoms with van der Waals surface area (Å²) in [6.45, 7) is 4.81. The van der Waals surface area contributed by atoms with Crippen molar-refractivity contribution in [2.24, 2.45) is 0 Å². The fraction of sp³-hybridized carbons (Fsp3) is 0.412. The van der Waals surface area contributed by atoms with Gasteiger partial charge in [-0.05, 0) is 25.5 Å². The number of para-hydroxylation sites is 1. The van der Waals surface area contributed by atoms with Gasteiger partial charge in [0.15, 0.2) is 5.16 Å². The molecule has 1 saturated heterocycles. The number of carbonyl (C=O) groups is 2. The van der Waals surface area contributed by atoms with Gasteiger partial charge in [0.2, 0.25) is 5.91 Å².